The fourth-order valence-corrected chi connectivity index (χ4v) is 1.96. The smallest absolute Gasteiger partial charge is 0.00967 e. The third-order valence-corrected chi connectivity index (χ3v) is 3.95. The van der Waals surface area contributed by atoms with Gasteiger partial charge >= 0.3 is 0 Å². The van der Waals surface area contributed by atoms with Crippen molar-refractivity contribution in [1.82, 2.24) is 5.32 Å². The molecular formula is C16H35N. The Balaban J connectivity index is 4.26. The lowest BCUT2D eigenvalue weighted by Crippen LogP contribution is -2.44. The molecule has 104 valence electrons. The minimum absolute atomic E-state index is 0.230. The second kappa shape index (κ2) is 6.78. The molecule has 0 aromatic rings. The molecule has 17 heavy (non-hydrogen) atoms. The average Bonchev–Trinajstić information content (AvgIpc) is 2.12. The number of rotatable bonds is 7. The number of nitrogens with one attached hydrogen (secondary N) is 1. The largest absolute Gasteiger partial charge is 0.312 e. The van der Waals surface area contributed by atoms with Crippen molar-refractivity contribution in [2.24, 2.45) is 17.3 Å². The predicted octanol–water partition coefficient (Wildman–Crippen LogP) is 4.86. The van der Waals surface area contributed by atoms with Gasteiger partial charge < -0.3 is 5.32 Å². The summed E-state index contributed by atoms with van der Waals surface area (Å²) in [6.45, 7) is 19.7. The zero-order valence-corrected chi connectivity index (χ0v) is 13.5. The summed E-state index contributed by atoms with van der Waals surface area (Å²) in [5.41, 5.74) is 0.663. The van der Waals surface area contributed by atoms with E-state index in [-0.39, 0.29) is 5.54 Å². The minimum atomic E-state index is 0.230. The van der Waals surface area contributed by atoms with Crippen LogP contribution in [0, 0.1) is 17.3 Å². The van der Waals surface area contributed by atoms with Crippen LogP contribution in [0.5, 0.6) is 0 Å². The highest BCUT2D eigenvalue weighted by Crippen LogP contribution is 2.33. The molecule has 0 saturated heterocycles. The van der Waals surface area contributed by atoms with Gasteiger partial charge in [0.05, 0.1) is 0 Å². The van der Waals surface area contributed by atoms with E-state index in [1.165, 1.54) is 19.3 Å². The molecule has 0 aliphatic carbocycles. The molecule has 0 aliphatic rings. The lowest BCUT2D eigenvalue weighted by molar-refractivity contribution is 0.166. The first-order chi connectivity index (χ1) is 7.57. The Labute approximate surface area is 110 Å². The van der Waals surface area contributed by atoms with E-state index >= 15 is 0 Å². The quantitative estimate of drug-likeness (QED) is 0.671. The van der Waals surface area contributed by atoms with Gasteiger partial charge in [-0.2, -0.15) is 0 Å². The van der Waals surface area contributed by atoms with Crippen molar-refractivity contribution in [2.75, 3.05) is 6.54 Å². The minimum Gasteiger partial charge on any atom is -0.312 e. The molecule has 1 N–H and O–H groups in total. The van der Waals surface area contributed by atoms with Crippen molar-refractivity contribution in [1.29, 1.82) is 0 Å². The van der Waals surface area contributed by atoms with Crippen molar-refractivity contribution in [3.05, 3.63) is 0 Å². The summed E-state index contributed by atoms with van der Waals surface area (Å²) in [5.74, 6) is 1.58. The third kappa shape index (κ3) is 7.81. The van der Waals surface area contributed by atoms with Crippen LogP contribution in [0.25, 0.3) is 0 Å². The Morgan fingerprint density at radius 2 is 1.47 bits per heavy atom. The molecule has 0 bridgehead atoms. The first-order valence-corrected chi connectivity index (χ1v) is 7.32. The van der Waals surface area contributed by atoms with Gasteiger partial charge in [-0.1, -0.05) is 47.5 Å². The molecule has 0 heterocycles. The van der Waals surface area contributed by atoms with Crippen LogP contribution >= 0.6 is 0 Å². The lowest BCUT2D eigenvalue weighted by atomic mass is 9.74. The summed E-state index contributed by atoms with van der Waals surface area (Å²) in [5, 5.41) is 3.68. The van der Waals surface area contributed by atoms with E-state index in [4.69, 9.17) is 0 Å². The number of hydrogen-bond acceptors (Lipinski definition) is 1. The molecular weight excluding hydrogens is 206 g/mol. The Bertz CT molecular complexity index is 200. The van der Waals surface area contributed by atoms with Crippen LogP contribution in [0.3, 0.4) is 0 Å². The van der Waals surface area contributed by atoms with Crippen molar-refractivity contribution in [3.63, 3.8) is 0 Å². The Morgan fingerprint density at radius 1 is 0.941 bits per heavy atom. The molecule has 1 nitrogen and oxygen atoms in total. The highest BCUT2D eigenvalue weighted by molar-refractivity contribution is 4.83. The highest BCUT2D eigenvalue weighted by Gasteiger charge is 2.29. The normalized spacial score (nSPS) is 16.6. The van der Waals surface area contributed by atoms with Crippen molar-refractivity contribution < 1.29 is 0 Å². The summed E-state index contributed by atoms with van der Waals surface area (Å²) in [6, 6.07) is 0. The molecule has 0 aromatic heterocycles. The van der Waals surface area contributed by atoms with Gasteiger partial charge in [0.1, 0.15) is 0 Å². The van der Waals surface area contributed by atoms with E-state index in [0.29, 0.717) is 5.41 Å². The van der Waals surface area contributed by atoms with Crippen LogP contribution < -0.4 is 5.32 Å². The van der Waals surface area contributed by atoms with Gasteiger partial charge in [0.15, 0.2) is 0 Å². The monoisotopic (exact) mass is 241 g/mol. The summed E-state index contributed by atoms with van der Waals surface area (Å²) in [7, 11) is 0. The van der Waals surface area contributed by atoms with Gasteiger partial charge in [0, 0.05) is 12.1 Å². The molecule has 0 saturated carbocycles. The molecule has 1 heteroatoms. The molecule has 0 fully saturated rings. The van der Waals surface area contributed by atoms with Crippen molar-refractivity contribution in [3.8, 4) is 0 Å². The maximum Gasteiger partial charge on any atom is 0.00967 e. The molecule has 0 radical (unpaired) electrons. The Morgan fingerprint density at radius 3 is 1.82 bits per heavy atom. The summed E-state index contributed by atoms with van der Waals surface area (Å²) in [6.07, 6.45) is 4.06. The van der Waals surface area contributed by atoms with E-state index in [1.54, 1.807) is 0 Å². The van der Waals surface area contributed by atoms with Gasteiger partial charge in [-0.25, -0.2) is 0 Å². The van der Waals surface area contributed by atoms with Crippen molar-refractivity contribution >= 4 is 0 Å². The van der Waals surface area contributed by atoms with E-state index < -0.39 is 0 Å². The maximum atomic E-state index is 3.68. The van der Waals surface area contributed by atoms with Crippen LogP contribution in [-0.2, 0) is 0 Å². The fourth-order valence-electron chi connectivity index (χ4n) is 1.96. The molecule has 0 aromatic carbocycles. The third-order valence-electron chi connectivity index (χ3n) is 3.95. The van der Waals surface area contributed by atoms with Crippen LogP contribution in [0.2, 0.25) is 0 Å². The fraction of sp³-hybridized carbons (Fsp3) is 1.00. The average molecular weight is 241 g/mol. The van der Waals surface area contributed by atoms with Gasteiger partial charge in [-0.3, -0.25) is 0 Å². The Hall–Kier alpha value is -0.0400. The highest BCUT2D eigenvalue weighted by atomic mass is 15.0. The van der Waals surface area contributed by atoms with E-state index in [1.807, 2.05) is 0 Å². The summed E-state index contributed by atoms with van der Waals surface area (Å²) < 4.78 is 0. The van der Waals surface area contributed by atoms with Crippen LogP contribution in [0.15, 0.2) is 0 Å². The first-order valence-electron chi connectivity index (χ1n) is 7.32. The van der Waals surface area contributed by atoms with E-state index in [2.05, 4.69) is 60.7 Å². The standard InChI is InChI=1S/C16H35N/c1-13(2)10-9-11-16(8,14(3)4)12-17-15(5,6)7/h13-14,17H,9-12H2,1-8H3. The zero-order chi connectivity index (χ0) is 13.7. The molecule has 1 unspecified atom stereocenters. The van der Waals surface area contributed by atoms with Gasteiger partial charge in [0.25, 0.3) is 0 Å². The second-order valence-corrected chi connectivity index (χ2v) is 7.70. The molecule has 0 amide bonds. The zero-order valence-electron chi connectivity index (χ0n) is 13.5. The number of hydrogen-bond donors (Lipinski definition) is 1. The maximum absolute atomic E-state index is 3.68. The van der Waals surface area contributed by atoms with Gasteiger partial charge in [-0.15, -0.1) is 0 Å². The molecule has 0 aliphatic heterocycles. The molecule has 0 rings (SSSR count). The summed E-state index contributed by atoms with van der Waals surface area (Å²) >= 11 is 0. The van der Waals surface area contributed by atoms with E-state index in [9.17, 15) is 0 Å². The molecule has 0 spiro atoms. The van der Waals surface area contributed by atoms with Crippen LogP contribution in [0.1, 0.15) is 74.7 Å². The molecule has 1 atom stereocenters. The second-order valence-electron chi connectivity index (χ2n) is 7.70. The van der Waals surface area contributed by atoms with Crippen LogP contribution in [-0.4, -0.2) is 12.1 Å². The SMILES string of the molecule is CC(C)CCCC(C)(CNC(C)(C)C)C(C)C. The van der Waals surface area contributed by atoms with Crippen LogP contribution in [0.4, 0.5) is 0 Å². The topological polar surface area (TPSA) is 12.0 Å². The predicted molar refractivity (Wildman–Crippen MR) is 79.4 cm³/mol. The summed E-state index contributed by atoms with van der Waals surface area (Å²) in [4.78, 5) is 0. The van der Waals surface area contributed by atoms with Gasteiger partial charge in [-0.05, 0) is 44.4 Å². The van der Waals surface area contributed by atoms with Gasteiger partial charge in [0.2, 0.25) is 0 Å². The van der Waals surface area contributed by atoms with Crippen molar-refractivity contribution in [2.45, 2.75) is 80.2 Å². The first kappa shape index (κ1) is 17.0. The van der Waals surface area contributed by atoms with E-state index in [0.717, 1.165) is 18.4 Å². The Kier molecular flexibility index (Phi) is 6.76. The lowest BCUT2D eigenvalue weighted by Gasteiger charge is -2.37.